The summed E-state index contributed by atoms with van der Waals surface area (Å²) in [5.41, 5.74) is 1.92. The van der Waals surface area contributed by atoms with Gasteiger partial charge in [0.15, 0.2) is 0 Å². The van der Waals surface area contributed by atoms with E-state index < -0.39 is 0 Å². The zero-order chi connectivity index (χ0) is 15.1. The lowest BCUT2D eigenvalue weighted by Gasteiger charge is -2.09. The van der Waals surface area contributed by atoms with Crippen LogP contribution in [-0.2, 0) is 5.88 Å². The van der Waals surface area contributed by atoms with Gasteiger partial charge in [0.1, 0.15) is 17.5 Å². The monoisotopic (exact) mass is 482 g/mol. The number of nitrogens with zero attached hydrogens (tertiary/aromatic N) is 2. The number of benzene rings is 2. The third-order valence-corrected chi connectivity index (χ3v) is 4.72. The highest BCUT2D eigenvalue weighted by molar-refractivity contribution is 14.1. The average molecular weight is 483 g/mol. The molecule has 0 unspecified atom stereocenters. The summed E-state index contributed by atoms with van der Waals surface area (Å²) in [7, 11) is 0. The molecule has 0 spiro atoms. The molecule has 2 nitrogen and oxygen atoms in total. The first-order valence-corrected chi connectivity index (χ1v) is 8.29. The number of hydrogen-bond acceptors (Lipinski definition) is 1. The normalized spacial score (nSPS) is 11.3. The number of fused-ring (bicyclic) bond motifs is 1. The second kappa shape index (κ2) is 5.81. The SMILES string of the molecule is Fc1ccc(-n2c(CCl)nc3cc(I)c(F)cc32)cc1Br. The Kier molecular flexibility index (Phi) is 4.20. The molecule has 0 fully saturated rings. The van der Waals surface area contributed by atoms with Crippen LogP contribution in [0.25, 0.3) is 16.7 Å². The molecule has 0 aliphatic rings. The molecule has 0 saturated carbocycles. The summed E-state index contributed by atoms with van der Waals surface area (Å²) in [5, 5.41) is 0. The third kappa shape index (κ3) is 2.68. The van der Waals surface area contributed by atoms with Crippen molar-refractivity contribution in [3.05, 3.63) is 55.8 Å². The quantitative estimate of drug-likeness (QED) is 0.352. The topological polar surface area (TPSA) is 17.8 Å². The Morgan fingerprint density at radius 2 is 1.95 bits per heavy atom. The van der Waals surface area contributed by atoms with Gasteiger partial charge in [0.05, 0.1) is 25.0 Å². The van der Waals surface area contributed by atoms with Crippen molar-refractivity contribution in [2.24, 2.45) is 0 Å². The fourth-order valence-electron chi connectivity index (χ4n) is 2.12. The molecule has 0 N–H and O–H groups in total. The minimum atomic E-state index is -0.365. The van der Waals surface area contributed by atoms with Crippen LogP contribution in [0, 0.1) is 15.2 Å². The van der Waals surface area contributed by atoms with E-state index in [1.165, 1.54) is 12.1 Å². The predicted octanol–water partition coefficient (Wildman–Crippen LogP) is 5.41. The van der Waals surface area contributed by atoms with Crippen molar-refractivity contribution in [3.8, 4) is 5.69 Å². The Bertz CT molecular complexity index is 851. The molecule has 3 aromatic rings. The van der Waals surface area contributed by atoms with Crippen molar-refractivity contribution in [2.75, 3.05) is 0 Å². The Hall–Kier alpha value is -0.730. The molecule has 0 radical (unpaired) electrons. The lowest BCUT2D eigenvalue weighted by molar-refractivity contribution is 0.619. The molecule has 0 bridgehead atoms. The minimum Gasteiger partial charge on any atom is -0.295 e. The van der Waals surface area contributed by atoms with Crippen LogP contribution in [0.2, 0.25) is 0 Å². The summed E-state index contributed by atoms with van der Waals surface area (Å²) in [4.78, 5) is 4.41. The number of imidazole rings is 1. The molecule has 108 valence electrons. The van der Waals surface area contributed by atoms with Crippen molar-refractivity contribution in [2.45, 2.75) is 5.88 Å². The zero-order valence-electron chi connectivity index (χ0n) is 10.4. The van der Waals surface area contributed by atoms with Crippen LogP contribution in [0.5, 0.6) is 0 Å². The van der Waals surface area contributed by atoms with Crippen LogP contribution < -0.4 is 0 Å². The Labute approximate surface area is 146 Å². The highest BCUT2D eigenvalue weighted by atomic mass is 127. The summed E-state index contributed by atoms with van der Waals surface area (Å²) in [6, 6.07) is 7.63. The molecule has 1 aromatic heterocycles. The summed E-state index contributed by atoms with van der Waals surface area (Å²) in [5.74, 6) is 0.0523. The lowest BCUT2D eigenvalue weighted by Crippen LogP contribution is -2.00. The van der Waals surface area contributed by atoms with Crippen LogP contribution in [0.3, 0.4) is 0 Å². The van der Waals surface area contributed by atoms with Gasteiger partial charge in [0.2, 0.25) is 0 Å². The summed E-state index contributed by atoms with van der Waals surface area (Å²) >= 11 is 11.0. The maximum Gasteiger partial charge on any atom is 0.138 e. The van der Waals surface area contributed by atoms with E-state index in [1.54, 1.807) is 22.8 Å². The van der Waals surface area contributed by atoms with Crippen molar-refractivity contribution in [1.82, 2.24) is 9.55 Å². The smallest absolute Gasteiger partial charge is 0.138 e. The van der Waals surface area contributed by atoms with E-state index in [9.17, 15) is 8.78 Å². The molecule has 0 saturated heterocycles. The van der Waals surface area contributed by atoms with Crippen LogP contribution in [0.1, 0.15) is 5.82 Å². The standard InChI is InChI=1S/C14H7BrClF2IN2/c15-8-3-7(1-2-9(8)17)21-13-4-10(18)11(19)5-12(13)20-14(21)6-16/h1-5H,6H2. The Balaban J connectivity index is 2.34. The molecular weight excluding hydrogens is 476 g/mol. The van der Waals surface area contributed by atoms with Gasteiger partial charge in [-0.2, -0.15) is 0 Å². The largest absolute Gasteiger partial charge is 0.295 e. The molecule has 21 heavy (non-hydrogen) atoms. The van der Waals surface area contributed by atoms with Gasteiger partial charge in [0.25, 0.3) is 0 Å². The molecule has 0 aliphatic carbocycles. The maximum absolute atomic E-state index is 13.9. The van der Waals surface area contributed by atoms with Gasteiger partial charge in [-0.25, -0.2) is 13.8 Å². The fourth-order valence-corrected chi connectivity index (χ4v) is 3.12. The molecule has 0 atom stereocenters. The number of rotatable bonds is 2. The third-order valence-electron chi connectivity index (χ3n) is 3.05. The van der Waals surface area contributed by atoms with E-state index in [0.29, 0.717) is 30.6 Å². The second-order valence-corrected chi connectivity index (χ2v) is 6.63. The molecule has 0 amide bonds. The first-order chi connectivity index (χ1) is 10.0. The first kappa shape index (κ1) is 15.2. The van der Waals surface area contributed by atoms with Gasteiger partial charge in [0, 0.05) is 11.8 Å². The minimum absolute atomic E-state index is 0.169. The average Bonchev–Trinajstić information content (AvgIpc) is 2.80. The van der Waals surface area contributed by atoms with E-state index in [0.717, 1.165) is 0 Å². The molecule has 0 aliphatic heterocycles. The molecular formula is C14H7BrClF2IN2. The van der Waals surface area contributed by atoms with Crippen molar-refractivity contribution < 1.29 is 8.78 Å². The maximum atomic E-state index is 13.9. The van der Waals surface area contributed by atoms with Crippen LogP contribution >= 0.6 is 50.1 Å². The van der Waals surface area contributed by atoms with Crippen LogP contribution in [0.4, 0.5) is 8.78 Å². The van der Waals surface area contributed by atoms with E-state index in [4.69, 9.17) is 11.6 Å². The summed E-state index contributed by atoms with van der Waals surface area (Å²) in [6.07, 6.45) is 0. The van der Waals surface area contributed by atoms with Gasteiger partial charge in [-0.3, -0.25) is 4.57 Å². The summed E-state index contributed by atoms with van der Waals surface area (Å²) < 4.78 is 29.8. The lowest BCUT2D eigenvalue weighted by atomic mass is 10.2. The number of alkyl halides is 1. The van der Waals surface area contributed by atoms with Gasteiger partial charge in [-0.05, 0) is 62.8 Å². The molecule has 1 heterocycles. The molecule has 7 heteroatoms. The number of aromatic nitrogens is 2. The Morgan fingerprint density at radius 1 is 1.19 bits per heavy atom. The van der Waals surface area contributed by atoms with E-state index in [2.05, 4.69) is 20.9 Å². The fraction of sp³-hybridized carbons (Fsp3) is 0.0714. The van der Waals surface area contributed by atoms with Crippen LogP contribution in [0.15, 0.2) is 34.8 Å². The first-order valence-electron chi connectivity index (χ1n) is 5.89. The van der Waals surface area contributed by atoms with Crippen molar-refractivity contribution in [1.29, 1.82) is 0 Å². The van der Waals surface area contributed by atoms with Gasteiger partial charge >= 0.3 is 0 Å². The molecule has 2 aromatic carbocycles. The van der Waals surface area contributed by atoms with Gasteiger partial charge in [-0.1, -0.05) is 0 Å². The van der Waals surface area contributed by atoms with Gasteiger partial charge in [-0.15, -0.1) is 11.6 Å². The molecule has 3 rings (SSSR count). The van der Waals surface area contributed by atoms with Crippen molar-refractivity contribution in [3.63, 3.8) is 0 Å². The number of halogens is 5. The second-order valence-electron chi connectivity index (χ2n) is 4.35. The zero-order valence-corrected chi connectivity index (χ0v) is 14.9. The highest BCUT2D eigenvalue weighted by Crippen LogP contribution is 2.28. The van der Waals surface area contributed by atoms with Crippen molar-refractivity contribution >= 4 is 61.2 Å². The van der Waals surface area contributed by atoms with Gasteiger partial charge < -0.3 is 0 Å². The highest BCUT2D eigenvalue weighted by Gasteiger charge is 2.15. The number of hydrogen-bond donors (Lipinski definition) is 0. The van der Waals surface area contributed by atoms with E-state index >= 15 is 0 Å². The predicted molar refractivity (Wildman–Crippen MR) is 91.0 cm³/mol. The Morgan fingerprint density at radius 3 is 2.62 bits per heavy atom. The van der Waals surface area contributed by atoms with E-state index in [-0.39, 0.29) is 17.5 Å². The van der Waals surface area contributed by atoms with E-state index in [1.807, 2.05) is 22.6 Å². The van der Waals surface area contributed by atoms with Crippen LogP contribution in [-0.4, -0.2) is 9.55 Å². The summed E-state index contributed by atoms with van der Waals surface area (Å²) in [6.45, 7) is 0.